The maximum atomic E-state index is 11.1. The Hall–Kier alpha value is -2.54. The van der Waals surface area contributed by atoms with Crippen LogP contribution in [0.15, 0.2) is 48.6 Å². The molecule has 0 unspecified atom stereocenters. The predicted octanol–water partition coefficient (Wildman–Crippen LogP) is 7.76. The van der Waals surface area contributed by atoms with E-state index in [9.17, 15) is 14.9 Å². The van der Waals surface area contributed by atoms with Crippen molar-refractivity contribution in [2.24, 2.45) is 5.92 Å². The van der Waals surface area contributed by atoms with Crippen LogP contribution in [-0.4, -0.2) is 30.9 Å². The summed E-state index contributed by atoms with van der Waals surface area (Å²) in [4.78, 5) is 24.9. The van der Waals surface area contributed by atoms with Crippen molar-refractivity contribution in [3.05, 3.63) is 63.7 Å². The first-order valence-corrected chi connectivity index (χ1v) is 13.0. The highest BCUT2D eigenvalue weighted by molar-refractivity contribution is 6.30. The first-order chi connectivity index (χ1) is 17.0. The molecule has 1 aromatic carbocycles. The van der Waals surface area contributed by atoms with Gasteiger partial charge < -0.3 is 14.3 Å². The lowest BCUT2D eigenvalue weighted by atomic mass is 10.1. The normalized spacial score (nSPS) is 13.0. The van der Waals surface area contributed by atoms with Crippen molar-refractivity contribution in [1.82, 2.24) is 0 Å². The summed E-state index contributed by atoms with van der Waals surface area (Å²) in [6.07, 6.45) is 17.3. The number of benzene rings is 1. The predicted molar refractivity (Wildman–Crippen MR) is 141 cm³/mol. The first kappa shape index (κ1) is 32.5. The average Bonchev–Trinajstić information content (AvgIpc) is 3.37. The second-order valence-corrected chi connectivity index (χ2v) is 8.10. The van der Waals surface area contributed by atoms with Gasteiger partial charge in [-0.1, -0.05) is 68.7 Å². The maximum Gasteiger partial charge on any atom is 0.305 e. The van der Waals surface area contributed by atoms with Crippen LogP contribution in [0.25, 0.3) is 0 Å². The monoisotopic (exact) mass is 511 g/mol. The molecule has 35 heavy (non-hydrogen) atoms. The highest BCUT2D eigenvalue weighted by Crippen LogP contribution is 2.25. The van der Waals surface area contributed by atoms with E-state index in [-0.39, 0.29) is 19.2 Å². The molecule has 1 aromatic rings. The van der Waals surface area contributed by atoms with Crippen LogP contribution in [0.1, 0.15) is 78.6 Å². The Balaban J connectivity index is 0.000000619. The number of allylic oxidation sites excluding steroid dienone is 3. The van der Waals surface area contributed by atoms with Crippen LogP contribution < -0.4 is 4.74 Å². The van der Waals surface area contributed by atoms with Gasteiger partial charge in [-0.2, -0.15) is 0 Å². The van der Waals surface area contributed by atoms with E-state index in [1.165, 1.54) is 25.7 Å². The Labute approximate surface area is 215 Å². The molecule has 1 fully saturated rings. The van der Waals surface area contributed by atoms with E-state index in [1.807, 2.05) is 57.2 Å². The molecule has 8 heteroatoms. The van der Waals surface area contributed by atoms with Gasteiger partial charge in [0.15, 0.2) is 0 Å². The molecule has 1 aliphatic rings. The molecule has 0 bridgehead atoms. The Bertz CT molecular complexity index is 732. The van der Waals surface area contributed by atoms with Gasteiger partial charge in [-0.15, -0.1) is 10.1 Å². The van der Waals surface area contributed by atoms with Crippen LogP contribution in [0.4, 0.5) is 0 Å². The molecule has 1 aliphatic carbocycles. The highest BCUT2D eigenvalue weighted by atomic mass is 35.5. The maximum absolute atomic E-state index is 11.1. The van der Waals surface area contributed by atoms with Crippen molar-refractivity contribution in [2.75, 3.05) is 19.8 Å². The number of ether oxygens (including phenoxy) is 2. The van der Waals surface area contributed by atoms with Crippen LogP contribution >= 0.6 is 11.6 Å². The first-order valence-electron chi connectivity index (χ1n) is 12.6. The fourth-order valence-corrected chi connectivity index (χ4v) is 3.41. The molecule has 0 saturated heterocycles. The molecule has 0 aromatic heterocycles. The fourth-order valence-electron chi connectivity index (χ4n) is 3.23. The van der Waals surface area contributed by atoms with E-state index in [4.69, 9.17) is 21.1 Å². The summed E-state index contributed by atoms with van der Waals surface area (Å²) in [7, 11) is 0. The quantitative estimate of drug-likeness (QED) is 0.0833. The third-order valence-electron chi connectivity index (χ3n) is 4.89. The van der Waals surface area contributed by atoms with E-state index in [0.29, 0.717) is 12.8 Å². The van der Waals surface area contributed by atoms with Crippen molar-refractivity contribution in [2.45, 2.75) is 78.6 Å². The Morgan fingerprint density at radius 1 is 1.11 bits per heavy atom. The van der Waals surface area contributed by atoms with Crippen molar-refractivity contribution < 1.29 is 24.2 Å². The zero-order valence-corrected chi connectivity index (χ0v) is 22.2. The lowest BCUT2D eigenvalue weighted by Gasteiger charge is -2.05. The third-order valence-corrected chi connectivity index (χ3v) is 5.13. The van der Waals surface area contributed by atoms with E-state index in [1.54, 1.807) is 0 Å². The number of rotatable bonds is 14. The van der Waals surface area contributed by atoms with Gasteiger partial charge in [0, 0.05) is 17.9 Å². The summed E-state index contributed by atoms with van der Waals surface area (Å²) in [6, 6.07) is 7.55. The van der Waals surface area contributed by atoms with E-state index in [0.717, 1.165) is 42.6 Å². The largest absolute Gasteiger partial charge is 0.493 e. The lowest BCUT2D eigenvalue weighted by molar-refractivity contribution is -0.757. The van der Waals surface area contributed by atoms with Gasteiger partial charge in [0.05, 0.1) is 19.8 Å². The van der Waals surface area contributed by atoms with Gasteiger partial charge in [-0.05, 0) is 63.1 Å². The summed E-state index contributed by atoms with van der Waals surface area (Å²) in [5.41, 5.74) is 0. The molecule has 0 amide bonds. The second kappa shape index (κ2) is 23.2. The smallest absolute Gasteiger partial charge is 0.305 e. The summed E-state index contributed by atoms with van der Waals surface area (Å²) >= 11 is 5.88. The van der Waals surface area contributed by atoms with Crippen LogP contribution in [-0.2, 0) is 14.4 Å². The third kappa shape index (κ3) is 20.5. The van der Waals surface area contributed by atoms with E-state index < -0.39 is 5.09 Å². The van der Waals surface area contributed by atoms with Gasteiger partial charge >= 0.3 is 5.97 Å². The Kier molecular flexibility index (Phi) is 21.5. The summed E-state index contributed by atoms with van der Waals surface area (Å²) < 4.78 is 10.5. The molecular formula is C27H42ClNO6. The highest BCUT2D eigenvalue weighted by Gasteiger charge is 2.10. The lowest BCUT2D eigenvalue weighted by Crippen LogP contribution is -2.09. The van der Waals surface area contributed by atoms with Gasteiger partial charge in [0.1, 0.15) is 5.75 Å². The number of nitrogens with zero attached hydrogens (tertiary/aromatic N) is 1. The molecule has 0 spiro atoms. The molecule has 0 atom stereocenters. The van der Waals surface area contributed by atoms with Gasteiger partial charge in [0.2, 0.25) is 0 Å². The van der Waals surface area contributed by atoms with Gasteiger partial charge in [0.25, 0.3) is 5.09 Å². The molecule has 2 rings (SSSR count). The number of unbranched alkanes of at least 4 members (excludes halogenated alkanes) is 1. The SMILES string of the molecule is C/C=C\CCCC(=O)OCCCO[N+](=O)[O-].CC.Clc1cccc(OCC/C=C/C2CCCC2)c1. The second-order valence-electron chi connectivity index (χ2n) is 7.66. The number of hydrogen-bond donors (Lipinski definition) is 0. The minimum Gasteiger partial charge on any atom is -0.493 e. The van der Waals surface area contributed by atoms with E-state index >= 15 is 0 Å². The summed E-state index contributed by atoms with van der Waals surface area (Å²) in [5.74, 6) is 1.40. The van der Waals surface area contributed by atoms with Crippen molar-refractivity contribution in [1.29, 1.82) is 0 Å². The Morgan fingerprint density at radius 3 is 2.51 bits per heavy atom. The minimum absolute atomic E-state index is 0.0428. The number of carbonyl (C=O) groups excluding carboxylic acids is 1. The number of esters is 1. The van der Waals surface area contributed by atoms with Crippen molar-refractivity contribution in [3.8, 4) is 5.75 Å². The topological polar surface area (TPSA) is 87.9 Å². The molecule has 0 heterocycles. The van der Waals surface area contributed by atoms with Crippen LogP contribution in [0.3, 0.4) is 0 Å². The number of hydrogen-bond acceptors (Lipinski definition) is 6. The average molecular weight is 512 g/mol. The number of carbonyl (C=O) groups is 1. The fraction of sp³-hybridized carbons (Fsp3) is 0.593. The van der Waals surface area contributed by atoms with Gasteiger partial charge in [-0.3, -0.25) is 4.79 Å². The van der Waals surface area contributed by atoms with Gasteiger partial charge in [-0.25, -0.2) is 0 Å². The zero-order chi connectivity index (χ0) is 26.2. The molecule has 198 valence electrons. The van der Waals surface area contributed by atoms with Crippen LogP contribution in [0, 0.1) is 16.0 Å². The number of halogens is 1. The van der Waals surface area contributed by atoms with Crippen molar-refractivity contribution >= 4 is 17.6 Å². The minimum atomic E-state index is -0.862. The molecule has 7 nitrogen and oxygen atoms in total. The van der Waals surface area contributed by atoms with Crippen LogP contribution in [0.5, 0.6) is 5.75 Å². The molecule has 0 radical (unpaired) electrons. The zero-order valence-electron chi connectivity index (χ0n) is 21.5. The van der Waals surface area contributed by atoms with Crippen molar-refractivity contribution in [3.63, 3.8) is 0 Å². The molecule has 1 saturated carbocycles. The summed E-state index contributed by atoms with van der Waals surface area (Å²) in [6.45, 7) is 6.77. The van der Waals surface area contributed by atoms with Crippen LogP contribution in [0.2, 0.25) is 5.02 Å². The van der Waals surface area contributed by atoms with E-state index in [2.05, 4.69) is 17.0 Å². The molecular weight excluding hydrogens is 470 g/mol. The summed E-state index contributed by atoms with van der Waals surface area (Å²) in [5, 5.41) is 9.63. The molecule has 0 N–H and O–H groups in total. The molecule has 0 aliphatic heterocycles. The Morgan fingerprint density at radius 2 is 1.86 bits per heavy atom. The standard InChI is InChI=1S/C15H19ClO.C10H17NO5.C2H6/c16-14-9-5-10-15(12-14)17-11-4-3-8-13-6-1-2-7-13;1-2-3-4-5-7-10(12)15-8-6-9-16-11(13)14;1-2/h3,5,8-10,12-13H,1-2,4,6-7,11H2;2-3H,4-9H2,1H3;1-2H3/b8-3+;3-2-;.